The van der Waals surface area contributed by atoms with E-state index in [1.807, 2.05) is 70.2 Å². The zero-order valence-corrected chi connectivity index (χ0v) is 21.7. The number of aryl methyl sites for hydroxylation is 1. The molecule has 1 atom stereocenters. The zero-order valence-electron chi connectivity index (χ0n) is 20.2. The molecule has 0 amide bonds. The summed E-state index contributed by atoms with van der Waals surface area (Å²) in [6.45, 7) is 8.29. The predicted molar refractivity (Wildman–Crippen MR) is 144 cm³/mol. The molecule has 1 aliphatic rings. The smallest absolute Gasteiger partial charge is 0.290 e. The SMILES string of the molecule is CC.CC[N+]([O-])(c1ccc(C)cc1)C1(c2cccc(-c3cc(Cl)cc(Cl)c3)c2)CCC1.O=CO. The molecule has 0 radical (unpaired) electrons. The molecular formula is C28H33Cl2NO3. The van der Waals surface area contributed by atoms with Crippen LogP contribution < -0.4 is 4.65 Å². The van der Waals surface area contributed by atoms with Crippen molar-refractivity contribution in [2.75, 3.05) is 6.54 Å². The van der Waals surface area contributed by atoms with E-state index in [4.69, 9.17) is 33.1 Å². The van der Waals surface area contributed by atoms with Crippen LogP contribution in [-0.2, 0) is 10.3 Å². The Morgan fingerprint density at radius 2 is 1.53 bits per heavy atom. The number of hydroxylamine groups is 2. The molecule has 6 heteroatoms. The van der Waals surface area contributed by atoms with Crippen LogP contribution in [0.2, 0.25) is 10.0 Å². The average molecular weight is 502 g/mol. The van der Waals surface area contributed by atoms with Crippen molar-refractivity contribution in [3.63, 3.8) is 0 Å². The van der Waals surface area contributed by atoms with Crippen molar-refractivity contribution < 1.29 is 9.90 Å². The highest BCUT2D eigenvalue weighted by Crippen LogP contribution is 2.53. The van der Waals surface area contributed by atoms with Gasteiger partial charge in [-0.2, -0.15) is 0 Å². The number of benzene rings is 3. The molecule has 1 fully saturated rings. The van der Waals surface area contributed by atoms with Crippen molar-refractivity contribution in [1.82, 2.24) is 4.65 Å². The van der Waals surface area contributed by atoms with Gasteiger partial charge in [0.2, 0.25) is 0 Å². The topological polar surface area (TPSA) is 60.4 Å². The minimum Gasteiger partial charge on any atom is -0.627 e. The summed E-state index contributed by atoms with van der Waals surface area (Å²) in [7, 11) is 0. The fourth-order valence-corrected chi connectivity index (χ4v) is 5.12. The Morgan fingerprint density at radius 1 is 0.971 bits per heavy atom. The summed E-state index contributed by atoms with van der Waals surface area (Å²) in [4.78, 5) is 8.36. The zero-order chi connectivity index (χ0) is 25.4. The van der Waals surface area contributed by atoms with Gasteiger partial charge in [0.15, 0.2) is 0 Å². The second kappa shape index (κ2) is 12.4. The number of nitrogens with zero attached hydrogens (tertiary/aromatic N) is 1. The van der Waals surface area contributed by atoms with Gasteiger partial charge in [-0.1, -0.05) is 72.9 Å². The lowest BCUT2D eigenvalue weighted by Crippen LogP contribution is -2.63. The Hall–Kier alpha value is -2.37. The molecule has 0 bridgehead atoms. The number of hydrogen-bond acceptors (Lipinski definition) is 2. The van der Waals surface area contributed by atoms with Gasteiger partial charge in [0, 0.05) is 28.5 Å². The molecule has 4 rings (SSSR count). The third-order valence-corrected chi connectivity index (χ3v) is 6.80. The Labute approximate surface area is 212 Å². The molecule has 1 aliphatic carbocycles. The van der Waals surface area contributed by atoms with Crippen molar-refractivity contribution >= 4 is 35.4 Å². The Bertz CT molecular complexity index is 1060. The highest BCUT2D eigenvalue weighted by atomic mass is 35.5. The molecule has 3 aromatic rings. The predicted octanol–water partition coefficient (Wildman–Crippen LogP) is 8.60. The maximum atomic E-state index is 14.3. The highest BCUT2D eigenvalue weighted by Gasteiger charge is 2.52. The van der Waals surface area contributed by atoms with Crippen LogP contribution in [0.25, 0.3) is 11.1 Å². The molecule has 0 aromatic heterocycles. The van der Waals surface area contributed by atoms with E-state index in [-0.39, 0.29) is 11.1 Å². The lowest BCUT2D eigenvalue weighted by Gasteiger charge is -2.60. The number of halogens is 2. The summed E-state index contributed by atoms with van der Waals surface area (Å²) in [6.07, 6.45) is 2.84. The first kappa shape index (κ1) is 27.9. The first-order valence-corrected chi connectivity index (χ1v) is 12.4. The quantitative estimate of drug-likeness (QED) is 0.216. The normalized spacial score (nSPS) is 15.4. The van der Waals surface area contributed by atoms with Crippen LogP contribution in [-0.4, -0.2) is 18.1 Å². The average Bonchev–Trinajstić information content (AvgIpc) is 2.80. The van der Waals surface area contributed by atoms with Crippen molar-refractivity contribution in [2.24, 2.45) is 0 Å². The van der Waals surface area contributed by atoms with Crippen LogP contribution in [0.1, 0.15) is 51.2 Å². The van der Waals surface area contributed by atoms with E-state index >= 15 is 0 Å². The van der Waals surface area contributed by atoms with E-state index in [1.54, 1.807) is 6.07 Å². The third kappa shape index (κ3) is 5.64. The molecule has 0 saturated heterocycles. The van der Waals surface area contributed by atoms with Crippen molar-refractivity contribution in [3.8, 4) is 11.1 Å². The fraction of sp³-hybridized carbons (Fsp3) is 0.321. The molecule has 3 aromatic carbocycles. The van der Waals surface area contributed by atoms with E-state index < -0.39 is 5.54 Å². The highest BCUT2D eigenvalue weighted by molar-refractivity contribution is 6.35. The summed E-state index contributed by atoms with van der Waals surface area (Å²) < 4.78 is -0.326. The van der Waals surface area contributed by atoms with Gasteiger partial charge in [0.25, 0.3) is 6.47 Å². The Balaban J connectivity index is 0.000000758. The van der Waals surface area contributed by atoms with Crippen molar-refractivity contribution in [3.05, 3.63) is 93.1 Å². The minimum atomic E-state index is -0.456. The van der Waals surface area contributed by atoms with Crippen molar-refractivity contribution in [1.29, 1.82) is 0 Å². The largest absolute Gasteiger partial charge is 0.627 e. The van der Waals surface area contributed by atoms with Crippen LogP contribution >= 0.6 is 23.2 Å². The second-order valence-corrected chi connectivity index (χ2v) is 8.99. The summed E-state index contributed by atoms with van der Waals surface area (Å²) in [5.74, 6) is 0. The summed E-state index contributed by atoms with van der Waals surface area (Å²) in [5.41, 5.74) is 4.63. The maximum Gasteiger partial charge on any atom is 0.290 e. The van der Waals surface area contributed by atoms with Gasteiger partial charge in [-0.25, -0.2) is 0 Å². The van der Waals surface area contributed by atoms with E-state index in [0.29, 0.717) is 16.6 Å². The molecule has 182 valence electrons. The van der Waals surface area contributed by atoms with Crippen LogP contribution in [0.5, 0.6) is 0 Å². The van der Waals surface area contributed by atoms with Gasteiger partial charge in [0.1, 0.15) is 11.2 Å². The Morgan fingerprint density at radius 3 is 2.00 bits per heavy atom. The molecule has 1 N–H and O–H groups in total. The molecule has 0 heterocycles. The monoisotopic (exact) mass is 501 g/mol. The Kier molecular flexibility index (Phi) is 10.1. The lowest BCUT2D eigenvalue weighted by molar-refractivity contribution is -0.122. The van der Waals surface area contributed by atoms with Gasteiger partial charge < -0.3 is 15.0 Å². The van der Waals surface area contributed by atoms with E-state index in [0.717, 1.165) is 41.6 Å². The van der Waals surface area contributed by atoms with Gasteiger partial charge in [-0.05, 0) is 67.8 Å². The summed E-state index contributed by atoms with van der Waals surface area (Å²) in [6, 6.07) is 22.0. The molecule has 1 unspecified atom stereocenters. The van der Waals surface area contributed by atoms with Crippen molar-refractivity contribution in [2.45, 2.75) is 52.5 Å². The van der Waals surface area contributed by atoms with Gasteiger partial charge in [-0.15, -0.1) is 0 Å². The molecule has 1 saturated carbocycles. The molecule has 4 nitrogen and oxygen atoms in total. The summed E-state index contributed by atoms with van der Waals surface area (Å²) in [5, 5.41) is 22.4. The van der Waals surface area contributed by atoms with Crippen LogP contribution in [0.3, 0.4) is 0 Å². The molecule has 0 spiro atoms. The fourth-order valence-electron chi connectivity index (χ4n) is 4.60. The lowest BCUT2D eigenvalue weighted by atomic mass is 9.69. The number of carbonyl (C=O) groups is 1. The van der Waals surface area contributed by atoms with Gasteiger partial charge >= 0.3 is 0 Å². The summed E-state index contributed by atoms with van der Waals surface area (Å²) >= 11 is 12.4. The van der Waals surface area contributed by atoms with Gasteiger partial charge in [0.05, 0.1) is 6.54 Å². The first-order chi connectivity index (χ1) is 16.3. The molecule has 34 heavy (non-hydrogen) atoms. The molecular weight excluding hydrogens is 469 g/mol. The first-order valence-electron chi connectivity index (χ1n) is 11.6. The second-order valence-electron chi connectivity index (χ2n) is 8.12. The maximum absolute atomic E-state index is 14.3. The van der Waals surface area contributed by atoms with Gasteiger partial charge in [-0.3, -0.25) is 4.79 Å². The van der Waals surface area contributed by atoms with E-state index in [2.05, 4.69) is 18.2 Å². The number of hydrogen-bond donors (Lipinski definition) is 1. The van der Waals surface area contributed by atoms with E-state index in [9.17, 15) is 5.21 Å². The van der Waals surface area contributed by atoms with Crippen LogP contribution in [0.4, 0.5) is 5.69 Å². The number of rotatable bonds is 5. The number of quaternary nitrogens is 1. The standard InChI is InChI=1S/C25H25Cl2NO.C2H6.CH2O2/c1-3-28(29,24-10-8-18(2)9-11-24)25(12-5-13-25)21-7-4-6-19(14-21)20-15-22(26)17-23(27)16-20;1-2;2-1-3/h4,6-11,14-17H,3,5,12-13H2,1-2H3;1-2H3;1H,(H,2,3). The molecule has 0 aliphatic heterocycles. The minimum absolute atomic E-state index is 0.250. The van der Waals surface area contributed by atoms with Crippen LogP contribution in [0.15, 0.2) is 66.7 Å². The van der Waals surface area contributed by atoms with E-state index in [1.165, 1.54) is 5.56 Å². The van der Waals surface area contributed by atoms with Crippen LogP contribution in [0, 0.1) is 12.1 Å². The third-order valence-electron chi connectivity index (χ3n) is 6.36. The number of carboxylic acid groups (broad SMARTS) is 1.